The van der Waals surface area contributed by atoms with Crippen molar-refractivity contribution >= 4 is 59.8 Å². The summed E-state index contributed by atoms with van der Waals surface area (Å²) in [5, 5.41) is 11.3. The van der Waals surface area contributed by atoms with E-state index in [1.165, 1.54) is 43.6 Å². The molecule has 0 saturated heterocycles. The van der Waals surface area contributed by atoms with Crippen LogP contribution in [0.4, 0.5) is 13.2 Å². The molecule has 0 unspecified atom stereocenters. The Hall–Kier alpha value is -7.75. The second-order valence-corrected chi connectivity index (χ2v) is 15.9. The molecule has 70 heavy (non-hydrogen) atoms. The summed E-state index contributed by atoms with van der Waals surface area (Å²) in [5.41, 5.74) is 7.39. The molecule has 12 nitrogen and oxygen atoms in total. The minimum Gasteiger partial charge on any atom is -0.573 e. The van der Waals surface area contributed by atoms with Gasteiger partial charge in [0, 0.05) is 23.0 Å². The minimum absolute atomic E-state index is 0. The Morgan fingerprint density at radius 3 is 1.84 bits per heavy atom. The van der Waals surface area contributed by atoms with E-state index >= 15 is 0 Å². The molecule has 0 saturated carbocycles. The van der Waals surface area contributed by atoms with Crippen LogP contribution in [0, 0.1) is 6.07 Å². The van der Waals surface area contributed by atoms with Gasteiger partial charge in [0.05, 0.1) is 41.6 Å². The SMILES string of the molecule is CCCCCCc1ccsc1-c1cc(-c2[c-]cc3ccccc3c2)nc(-c2cc(C(F)(F)F)n[n-]2)c1.O=CO/C=C/c1ccnc(-c2cc(/C=C/OC=O)cc(-c3cc(/C=C/OC=O)ccn3)n2)c1.[Ru+2]. The molecule has 0 amide bonds. The number of ether oxygens (including phenoxy) is 3. The molecule has 0 fully saturated rings. The number of halogens is 3. The summed E-state index contributed by atoms with van der Waals surface area (Å²) in [4.78, 5) is 50.4. The molecular weight excluding hydrogens is 1010 g/mol. The first-order valence-electron chi connectivity index (χ1n) is 21.4. The van der Waals surface area contributed by atoms with E-state index in [0.29, 0.717) is 59.1 Å². The van der Waals surface area contributed by atoms with Gasteiger partial charge in [-0.15, -0.1) is 40.5 Å². The molecule has 8 rings (SSSR count). The molecule has 0 N–H and O–H groups in total. The van der Waals surface area contributed by atoms with Crippen LogP contribution in [0.1, 0.15) is 60.6 Å². The summed E-state index contributed by atoms with van der Waals surface area (Å²) in [6.07, 6.45) is 12.9. The van der Waals surface area contributed by atoms with Crippen molar-refractivity contribution in [2.75, 3.05) is 0 Å². The van der Waals surface area contributed by atoms with Gasteiger partial charge in [-0.3, -0.25) is 29.3 Å². The molecular formula is C53H41F3N6O6RuS. The number of pyridine rings is 4. The number of fused-ring (bicyclic) bond motifs is 1. The molecule has 0 aliphatic rings. The van der Waals surface area contributed by atoms with Gasteiger partial charge in [0.15, 0.2) is 0 Å². The van der Waals surface area contributed by atoms with Gasteiger partial charge in [0.2, 0.25) is 0 Å². The van der Waals surface area contributed by atoms with E-state index in [1.54, 1.807) is 78.4 Å². The van der Waals surface area contributed by atoms with Crippen molar-refractivity contribution < 1.29 is 61.2 Å². The van der Waals surface area contributed by atoms with Crippen molar-refractivity contribution in [2.24, 2.45) is 0 Å². The maximum atomic E-state index is 13.2. The molecule has 17 heteroatoms. The van der Waals surface area contributed by atoms with E-state index in [1.807, 2.05) is 48.5 Å². The maximum absolute atomic E-state index is 13.2. The van der Waals surface area contributed by atoms with Crippen LogP contribution in [-0.2, 0) is 60.7 Å². The van der Waals surface area contributed by atoms with Gasteiger partial charge in [-0.25, -0.2) is 4.98 Å². The molecule has 6 heterocycles. The third-order valence-corrected chi connectivity index (χ3v) is 11.3. The van der Waals surface area contributed by atoms with Gasteiger partial charge in [-0.1, -0.05) is 67.6 Å². The third-order valence-electron chi connectivity index (χ3n) is 10.3. The first-order chi connectivity index (χ1) is 33.6. The number of hydrogen-bond acceptors (Lipinski definition) is 12. The molecule has 0 radical (unpaired) electrons. The molecule has 8 aromatic rings. The number of aryl methyl sites for hydroxylation is 1. The standard InChI is InChI=1S/C29H24F3N3S.C24H17N3O6.Ru/c1-2-3-4-5-9-20-13-14-36-28(20)23-16-24(22-12-11-19-8-6-7-10-21(19)15-22)33-25(17-23)26-18-27(35-34-26)29(30,31)32;28-15-31-8-3-18-1-6-25-21(11-18)23-13-20(5-10-33-17-30)14-24(27-23)22-12-19(2-7-26-22)4-9-32-16-29;/h6-8,10-11,13-18H,2-5,9H2,1H3;1-17H;/q-2;;+2/b;8-3+,9-4+,10-5+;. The van der Waals surface area contributed by atoms with E-state index in [9.17, 15) is 27.6 Å². The van der Waals surface area contributed by atoms with Crippen LogP contribution in [-0.4, -0.2) is 44.5 Å². The van der Waals surface area contributed by atoms with Gasteiger partial charge in [-0.2, -0.15) is 13.2 Å². The van der Waals surface area contributed by atoms with E-state index in [0.717, 1.165) is 56.8 Å². The Morgan fingerprint density at radius 2 is 1.24 bits per heavy atom. The summed E-state index contributed by atoms with van der Waals surface area (Å²) >= 11 is 1.63. The fraction of sp³-hybridized carbons (Fsp3) is 0.132. The number of carbonyl (C=O) groups excluding carboxylic acids is 3. The Morgan fingerprint density at radius 1 is 0.657 bits per heavy atom. The molecule has 0 bridgehead atoms. The predicted octanol–water partition coefficient (Wildman–Crippen LogP) is 12.2. The largest absolute Gasteiger partial charge is 2.00 e. The topological polar surface area (TPSA) is 157 Å². The van der Waals surface area contributed by atoms with Crippen molar-refractivity contribution in [3.63, 3.8) is 0 Å². The smallest absolute Gasteiger partial charge is 0.573 e. The summed E-state index contributed by atoms with van der Waals surface area (Å²) in [6.45, 7) is 3.16. The zero-order valence-corrected chi connectivity index (χ0v) is 39.8. The van der Waals surface area contributed by atoms with Gasteiger partial charge >= 0.3 is 25.7 Å². The summed E-state index contributed by atoms with van der Waals surface area (Å²) in [7, 11) is 0. The van der Waals surface area contributed by atoms with Crippen molar-refractivity contribution in [1.82, 2.24) is 30.1 Å². The fourth-order valence-corrected chi connectivity index (χ4v) is 7.98. The van der Waals surface area contributed by atoms with Crippen LogP contribution in [0.15, 0.2) is 134 Å². The van der Waals surface area contributed by atoms with Crippen LogP contribution in [0.5, 0.6) is 0 Å². The van der Waals surface area contributed by atoms with Crippen LogP contribution >= 0.6 is 11.3 Å². The molecule has 0 aliphatic carbocycles. The molecule has 0 aliphatic heterocycles. The van der Waals surface area contributed by atoms with E-state index in [4.69, 9.17) is 4.98 Å². The van der Waals surface area contributed by atoms with Gasteiger partial charge < -0.3 is 24.4 Å². The maximum Gasteiger partial charge on any atom is 2.00 e. The predicted molar refractivity (Wildman–Crippen MR) is 258 cm³/mol. The Balaban J connectivity index is 0.000000227. The molecule has 0 spiro atoms. The fourth-order valence-electron chi connectivity index (χ4n) is 7.03. The first kappa shape index (κ1) is 51.6. The number of nitrogens with zero attached hydrogens (tertiary/aromatic N) is 6. The second kappa shape index (κ2) is 25.6. The minimum atomic E-state index is -4.56. The Labute approximate surface area is 417 Å². The molecule has 6 aromatic heterocycles. The normalized spacial score (nSPS) is 11.3. The van der Waals surface area contributed by atoms with E-state index in [2.05, 4.69) is 63.8 Å². The first-order valence-corrected chi connectivity index (χ1v) is 22.3. The molecule has 2 aromatic carbocycles. The average Bonchev–Trinajstić information content (AvgIpc) is 4.08. The zero-order chi connectivity index (χ0) is 48.4. The molecule has 354 valence electrons. The van der Waals surface area contributed by atoms with Gasteiger partial charge in [0.1, 0.15) is 5.69 Å². The number of hydrogen-bond donors (Lipinski definition) is 0. The summed E-state index contributed by atoms with van der Waals surface area (Å²) < 4.78 is 53.5. The van der Waals surface area contributed by atoms with E-state index in [-0.39, 0.29) is 25.2 Å². The van der Waals surface area contributed by atoms with E-state index < -0.39 is 11.9 Å². The number of benzene rings is 2. The number of rotatable bonds is 19. The number of carbonyl (C=O) groups is 3. The quantitative estimate of drug-likeness (QED) is 0.0189. The third kappa shape index (κ3) is 14.2. The van der Waals surface area contributed by atoms with Crippen molar-refractivity contribution in [2.45, 2.75) is 45.2 Å². The monoisotopic (exact) mass is 1050 g/mol. The van der Waals surface area contributed by atoms with Crippen LogP contribution < -0.4 is 5.10 Å². The van der Waals surface area contributed by atoms with Crippen LogP contribution in [0.3, 0.4) is 0 Å². The molecule has 0 atom stereocenters. The Kier molecular flexibility index (Phi) is 18.9. The van der Waals surface area contributed by atoms with Crippen molar-refractivity contribution in [3.05, 3.63) is 168 Å². The Bertz CT molecular complexity index is 3050. The number of unbranched alkanes of at least 4 members (excludes halogenated alkanes) is 3. The summed E-state index contributed by atoms with van der Waals surface area (Å²) in [5.74, 6) is 0. The van der Waals surface area contributed by atoms with Crippen molar-refractivity contribution in [1.29, 1.82) is 0 Å². The summed E-state index contributed by atoms with van der Waals surface area (Å²) in [6, 6.07) is 32.7. The number of thiophene rings is 1. The van der Waals surface area contributed by atoms with Crippen LogP contribution in [0.25, 0.3) is 84.9 Å². The zero-order valence-electron chi connectivity index (χ0n) is 37.2. The number of alkyl halides is 3. The number of aromatic nitrogens is 6. The van der Waals surface area contributed by atoms with Gasteiger partial charge in [-0.05, 0) is 125 Å². The van der Waals surface area contributed by atoms with Gasteiger partial charge in [0.25, 0.3) is 19.4 Å². The average molecular weight is 1050 g/mol. The second-order valence-electron chi connectivity index (χ2n) is 15.0. The van der Waals surface area contributed by atoms with Crippen LogP contribution in [0.2, 0.25) is 0 Å². The van der Waals surface area contributed by atoms with Crippen molar-refractivity contribution in [3.8, 4) is 55.9 Å².